The van der Waals surface area contributed by atoms with Gasteiger partial charge in [0.15, 0.2) is 11.1 Å². The topological polar surface area (TPSA) is 78.1 Å². The van der Waals surface area contributed by atoms with Gasteiger partial charge in [-0.2, -0.15) is 0 Å². The van der Waals surface area contributed by atoms with Crippen LogP contribution in [-0.4, -0.2) is 54.5 Å². The van der Waals surface area contributed by atoms with Gasteiger partial charge in [-0.25, -0.2) is 9.98 Å². The first-order valence-corrected chi connectivity index (χ1v) is 10.7. The molecule has 2 aliphatic heterocycles. The molecule has 7 nitrogen and oxygen atoms in total. The molecule has 2 aliphatic rings. The van der Waals surface area contributed by atoms with E-state index in [1.807, 2.05) is 40.7 Å². The number of amides is 1. The van der Waals surface area contributed by atoms with E-state index in [0.717, 1.165) is 61.9 Å². The molecule has 3 heterocycles. The number of benzene rings is 1. The van der Waals surface area contributed by atoms with Gasteiger partial charge in [0, 0.05) is 56.4 Å². The van der Waals surface area contributed by atoms with Gasteiger partial charge in [-0.05, 0) is 30.5 Å². The highest BCUT2D eigenvalue weighted by molar-refractivity contribution is 7.13. The summed E-state index contributed by atoms with van der Waals surface area (Å²) in [5, 5.41) is 3.08. The Morgan fingerprint density at radius 3 is 2.57 bits per heavy atom. The van der Waals surface area contributed by atoms with Crippen molar-refractivity contribution in [3.8, 4) is 0 Å². The molecule has 28 heavy (non-hydrogen) atoms. The van der Waals surface area contributed by atoms with Crippen LogP contribution in [0.3, 0.4) is 0 Å². The third kappa shape index (κ3) is 4.27. The maximum Gasteiger partial charge on any atom is 0.226 e. The maximum absolute atomic E-state index is 12.0. The number of guanidine groups is 1. The molecule has 4 rings (SSSR count). The molecule has 0 bridgehead atoms. The van der Waals surface area contributed by atoms with Crippen molar-refractivity contribution in [2.24, 2.45) is 10.7 Å². The van der Waals surface area contributed by atoms with Gasteiger partial charge in [0.2, 0.25) is 5.91 Å². The lowest BCUT2D eigenvalue weighted by atomic mass is 10.1. The smallest absolute Gasteiger partial charge is 0.226 e. The summed E-state index contributed by atoms with van der Waals surface area (Å²) in [6.07, 6.45) is 4.57. The highest BCUT2D eigenvalue weighted by Crippen LogP contribution is 2.22. The normalized spacial score (nSPS) is 18.6. The number of aliphatic imine (C=N–C) groups is 1. The largest absolute Gasteiger partial charge is 0.370 e. The molecule has 2 N–H and O–H groups in total. The lowest BCUT2D eigenvalue weighted by molar-refractivity contribution is -0.119. The Hall–Kier alpha value is -2.61. The van der Waals surface area contributed by atoms with Crippen LogP contribution in [0.4, 0.5) is 10.8 Å². The highest BCUT2D eigenvalue weighted by atomic mass is 32.1. The number of anilines is 2. The van der Waals surface area contributed by atoms with Crippen molar-refractivity contribution in [3.05, 3.63) is 41.4 Å². The summed E-state index contributed by atoms with van der Waals surface area (Å²) in [6, 6.07) is 8.09. The van der Waals surface area contributed by atoms with Crippen LogP contribution in [0.2, 0.25) is 0 Å². The predicted molar refractivity (Wildman–Crippen MR) is 114 cm³/mol. The third-order valence-electron chi connectivity index (χ3n) is 5.29. The molecular weight excluding hydrogens is 372 g/mol. The standard InChI is InChI=1S/C20H26N6OS/c21-19(24-10-12-25(13-11-24)20-22-8-14-28-20)23-15-16-4-6-17(7-5-16)26-9-2-1-3-18(26)27/h4-8,14H,1-3,9-13,15H2,(H2,21,23). The SMILES string of the molecule is NC(=NCc1ccc(N2CCCCC2=O)cc1)N1CCN(c2nccs2)CC1. The number of hydrogen-bond donors (Lipinski definition) is 1. The van der Waals surface area contributed by atoms with Crippen LogP contribution >= 0.6 is 11.3 Å². The van der Waals surface area contributed by atoms with Crippen LogP contribution in [0.1, 0.15) is 24.8 Å². The zero-order valence-electron chi connectivity index (χ0n) is 16.0. The third-order valence-corrected chi connectivity index (χ3v) is 6.12. The van der Waals surface area contributed by atoms with Crippen LogP contribution in [0.25, 0.3) is 0 Å². The quantitative estimate of drug-likeness (QED) is 0.632. The second-order valence-electron chi connectivity index (χ2n) is 7.13. The fourth-order valence-electron chi connectivity index (χ4n) is 3.63. The van der Waals surface area contributed by atoms with Crippen molar-refractivity contribution in [2.75, 3.05) is 42.5 Å². The van der Waals surface area contributed by atoms with E-state index in [-0.39, 0.29) is 5.91 Å². The summed E-state index contributed by atoms with van der Waals surface area (Å²) in [6.45, 7) is 4.88. The summed E-state index contributed by atoms with van der Waals surface area (Å²) in [5.41, 5.74) is 8.29. The van der Waals surface area contributed by atoms with Crippen LogP contribution < -0.4 is 15.5 Å². The van der Waals surface area contributed by atoms with E-state index in [2.05, 4.69) is 19.8 Å². The second kappa shape index (κ2) is 8.60. The lowest BCUT2D eigenvalue weighted by Crippen LogP contribution is -2.51. The number of carbonyl (C=O) groups is 1. The Labute approximate surface area is 169 Å². The Balaban J connectivity index is 1.30. The molecule has 2 saturated heterocycles. The Kier molecular flexibility index (Phi) is 5.76. The molecule has 0 saturated carbocycles. The summed E-state index contributed by atoms with van der Waals surface area (Å²) >= 11 is 1.67. The Morgan fingerprint density at radius 1 is 1.11 bits per heavy atom. The average molecular weight is 399 g/mol. The number of piperidine rings is 1. The summed E-state index contributed by atoms with van der Waals surface area (Å²) in [7, 11) is 0. The first kappa shape index (κ1) is 18.7. The van der Waals surface area contributed by atoms with E-state index >= 15 is 0 Å². The zero-order valence-corrected chi connectivity index (χ0v) is 16.8. The monoisotopic (exact) mass is 398 g/mol. The minimum atomic E-state index is 0.221. The van der Waals surface area contributed by atoms with Gasteiger partial charge in [-0.15, -0.1) is 11.3 Å². The molecule has 1 aromatic heterocycles. The fourth-order valence-corrected chi connectivity index (χ4v) is 4.33. The van der Waals surface area contributed by atoms with Gasteiger partial charge in [-0.3, -0.25) is 4.79 Å². The second-order valence-corrected chi connectivity index (χ2v) is 8.01. The molecule has 148 valence electrons. The molecule has 1 amide bonds. The highest BCUT2D eigenvalue weighted by Gasteiger charge is 2.20. The summed E-state index contributed by atoms with van der Waals surface area (Å²) in [4.78, 5) is 27.3. The summed E-state index contributed by atoms with van der Waals surface area (Å²) in [5.74, 6) is 0.812. The predicted octanol–water partition coefficient (Wildman–Crippen LogP) is 2.30. The van der Waals surface area contributed by atoms with Gasteiger partial charge < -0.3 is 20.4 Å². The van der Waals surface area contributed by atoms with Gasteiger partial charge in [0.1, 0.15) is 0 Å². The molecule has 0 atom stereocenters. The number of nitrogens with two attached hydrogens (primary N) is 1. The number of hydrogen-bond acceptors (Lipinski definition) is 5. The maximum atomic E-state index is 12.0. The zero-order chi connectivity index (χ0) is 19.3. The summed E-state index contributed by atoms with van der Waals surface area (Å²) < 4.78 is 0. The number of carbonyl (C=O) groups excluding carboxylic acids is 1. The van der Waals surface area contributed by atoms with Crippen LogP contribution in [0.5, 0.6) is 0 Å². The van der Waals surface area contributed by atoms with Crippen LogP contribution in [0, 0.1) is 0 Å². The Bertz CT molecular complexity index is 812. The minimum absolute atomic E-state index is 0.221. The number of nitrogens with zero attached hydrogens (tertiary/aromatic N) is 5. The minimum Gasteiger partial charge on any atom is -0.370 e. The van der Waals surface area contributed by atoms with Crippen molar-refractivity contribution in [2.45, 2.75) is 25.8 Å². The van der Waals surface area contributed by atoms with E-state index in [4.69, 9.17) is 5.73 Å². The number of aromatic nitrogens is 1. The van der Waals surface area contributed by atoms with Gasteiger partial charge >= 0.3 is 0 Å². The first-order valence-electron chi connectivity index (χ1n) is 9.79. The lowest BCUT2D eigenvalue weighted by Gasteiger charge is -2.35. The van der Waals surface area contributed by atoms with Crippen molar-refractivity contribution in [3.63, 3.8) is 0 Å². The van der Waals surface area contributed by atoms with Crippen molar-refractivity contribution in [1.82, 2.24) is 9.88 Å². The fraction of sp³-hybridized carbons (Fsp3) is 0.450. The van der Waals surface area contributed by atoms with Gasteiger partial charge in [0.25, 0.3) is 0 Å². The van der Waals surface area contributed by atoms with E-state index in [0.29, 0.717) is 18.9 Å². The van der Waals surface area contributed by atoms with Crippen LogP contribution in [-0.2, 0) is 11.3 Å². The molecule has 2 fully saturated rings. The molecule has 0 radical (unpaired) electrons. The van der Waals surface area contributed by atoms with Gasteiger partial charge in [-0.1, -0.05) is 12.1 Å². The van der Waals surface area contributed by atoms with Crippen molar-refractivity contribution < 1.29 is 4.79 Å². The van der Waals surface area contributed by atoms with E-state index in [9.17, 15) is 4.79 Å². The first-order chi connectivity index (χ1) is 13.7. The molecule has 2 aromatic rings. The van der Waals surface area contributed by atoms with Gasteiger partial charge in [0.05, 0.1) is 6.54 Å². The average Bonchev–Trinajstić information content (AvgIpc) is 3.28. The van der Waals surface area contributed by atoms with Crippen molar-refractivity contribution >= 4 is 34.0 Å². The van der Waals surface area contributed by atoms with E-state index in [1.165, 1.54) is 0 Å². The van der Waals surface area contributed by atoms with E-state index < -0.39 is 0 Å². The number of thiazole rings is 1. The molecule has 0 unspecified atom stereocenters. The van der Waals surface area contributed by atoms with Crippen LogP contribution in [0.15, 0.2) is 40.8 Å². The van der Waals surface area contributed by atoms with Crippen molar-refractivity contribution in [1.29, 1.82) is 0 Å². The molecular formula is C20H26N6OS. The molecule has 0 aliphatic carbocycles. The number of rotatable bonds is 4. The molecule has 8 heteroatoms. The van der Waals surface area contributed by atoms with E-state index in [1.54, 1.807) is 11.3 Å². The molecule has 0 spiro atoms. The molecule has 1 aromatic carbocycles. The number of piperazine rings is 1. The Morgan fingerprint density at radius 2 is 1.89 bits per heavy atom.